The fourth-order valence-electron chi connectivity index (χ4n) is 1.35. The molecule has 0 rings (SSSR count). The molecule has 0 aliphatic heterocycles. The predicted molar refractivity (Wildman–Crippen MR) is 83.8 cm³/mol. The summed E-state index contributed by atoms with van der Waals surface area (Å²) in [5.41, 5.74) is 2.47. The van der Waals surface area contributed by atoms with Crippen molar-refractivity contribution in [2.75, 3.05) is 6.16 Å². The number of allylic oxidation sites excluding steroid dienone is 4. The standard InChI is InChI=1S/C16H27P/c1-10-16(8,9)11-17(14(6)12(2)3)15(7)13(4)5/h2,4,6-7,10-11H2,1,3,5,8-9H3. The molecule has 0 nitrogen and oxygen atoms in total. The molecule has 0 unspecified atom stereocenters. The summed E-state index contributed by atoms with van der Waals surface area (Å²) in [6.45, 7) is 27.4. The van der Waals surface area contributed by atoms with Crippen LogP contribution in [-0.4, -0.2) is 6.16 Å². The van der Waals surface area contributed by atoms with Crippen LogP contribution in [0.1, 0.15) is 41.0 Å². The fourth-order valence-corrected chi connectivity index (χ4v) is 4.06. The van der Waals surface area contributed by atoms with Gasteiger partial charge in [-0.15, -0.1) is 0 Å². The minimum absolute atomic E-state index is 0.322. The molecule has 0 aliphatic carbocycles. The van der Waals surface area contributed by atoms with E-state index in [9.17, 15) is 0 Å². The maximum Gasteiger partial charge on any atom is -0.0194 e. The highest BCUT2D eigenvalue weighted by Crippen LogP contribution is 2.58. The third kappa shape index (κ3) is 5.04. The zero-order chi connectivity index (χ0) is 13.8. The first-order valence-corrected chi connectivity index (χ1v) is 7.62. The van der Waals surface area contributed by atoms with E-state index >= 15 is 0 Å². The molecule has 0 aromatic rings. The van der Waals surface area contributed by atoms with E-state index in [1.165, 1.54) is 6.42 Å². The molecule has 1 heteroatoms. The second kappa shape index (κ2) is 6.36. The van der Waals surface area contributed by atoms with Gasteiger partial charge in [0.1, 0.15) is 0 Å². The minimum atomic E-state index is -0.444. The average Bonchev–Trinajstić information content (AvgIpc) is 2.23. The van der Waals surface area contributed by atoms with Crippen LogP contribution in [0.15, 0.2) is 48.1 Å². The van der Waals surface area contributed by atoms with Gasteiger partial charge in [-0.2, -0.15) is 0 Å². The summed E-state index contributed by atoms with van der Waals surface area (Å²) < 4.78 is 0. The topological polar surface area (TPSA) is 0 Å². The van der Waals surface area contributed by atoms with Crippen molar-refractivity contribution in [3.05, 3.63) is 48.1 Å². The Kier molecular flexibility index (Phi) is 6.13. The van der Waals surface area contributed by atoms with E-state index in [0.29, 0.717) is 5.41 Å². The molecule has 0 N–H and O–H groups in total. The van der Waals surface area contributed by atoms with E-state index in [4.69, 9.17) is 0 Å². The molecule has 0 spiro atoms. The molecule has 0 aromatic heterocycles. The van der Waals surface area contributed by atoms with Crippen LogP contribution in [0, 0.1) is 5.41 Å². The third-order valence-corrected chi connectivity index (χ3v) is 6.42. The van der Waals surface area contributed by atoms with Gasteiger partial charge in [0.25, 0.3) is 0 Å². The van der Waals surface area contributed by atoms with Gasteiger partial charge in [0, 0.05) is 0 Å². The summed E-state index contributed by atoms with van der Waals surface area (Å²) in [5, 5.41) is 2.32. The summed E-state index contributed by atoms with van der Waals surface area (Å²) in [6, 6.07) is 0. The summed E-state index contributed by atoms with van der Waals surface area (Å²) in [5.74, 6) is 0. The normalized spacial score (nSPS) is 11.4. The maximum atomic E-state index is 4.20. The van der Waals surface area contributed by atoms with E-state index in [-0.39, 0.29) is 0 Å². The summed E-state index contributed by atoms with van der Waals surface area (Å²) in [7, 11) is -0.444. The van der Waals surface area contributed by atoms with Crippen LogP contribution in [0.4, 0.5) is 0 Å². The monoisotopic (exact) mass is 250 g/mol. The van der Waals surface area contributed by atoms with Crippen molar-refractivity contribution < 1.29 is 0 Å². The van der Waals surface area contributed by atoms with E-state index < -0.39 is 7.92 Å². The molecule has 0 aliphatic rings. The average molecular weight is 250 g/mol. The van der Waals surface area contributed by atoms with Crippen LogP contribution in [-0.2, 0) is 0 Å². The lowest BCUT2D eigenvalue weighted by molar-refractivity contribution is 0.405. The van der Waals surface area contributed by atoms with Gasteiger partial charge in [0.15, 0.2) is 0 Å². The third-order valence-electron chi connectivity index (χ3n) is 3.18. The van der Waals surface area contributed by atoms with E-state index in [1.54, 1.807) is 0 Å². The Bertz CT molecular complexity index is 319. The zero-order valence-corrected chi connectivity index (χ0v) is 13.1. The lowest BCUT2D eigenvalue weighted by Crippen LogP contribution is -2.15. The second-order valence-corrected chi connectivity index (χ2v) is 7.81. The quantitative estimate of drug-likeness (QED) is 0.379. The molecular weight excluding hydrogens is 223 g/mol. The second-order valence-electron chi connectivity index (χ2n) is 5.56. The van der Waals surface area contributed by atoms with Crippen LogP contribution in [0.25, 0.3) is 0 Å². The Morgan fingerprint density at radius 1 is 0.941 bits per heavy atom. The molecule has 0 fully saturated rings. The van der Waals surface area contributed by atoms with Crippen LogP contribution < -0.4 is 0 Å². The van der Waals surface area contributed by atoms with Gasteiger partial charge in [-0.1, -0.05) is 64.7 Å². The molecule has 17 heavy (non-hydrogen) atoms. The molecule has 0 saturated heterocycles. The maximum absolute atomic E-state index is 4.20. The molecule has 0 radical (unpaired) electrons. The van der Waals surface area contributed by atoms with Gasteiger partial charge in [-0.3, -0.25) is 0 Å². The first kappa shape index (κ1) is 16.4. The van der Waals surface area contributed by atoms with Crippen LogP contribution in [0.3, 0.4) is 0 Å². The Balaban J connectivity index is 5.13. The van der Waals surface area contributed by atoms with Gasteiger partial charge in [0.05, 0.1) is 0 Å². The van der Waals surface area contributed by atoms with Crippen molar-refractivity contribution in [3.8, 4) is 0 Å². The molecule has 0 atom stereocenters. The highest BCUT2D eigenvalue weighted by atomic mass is 31.1. The van der Waals surface area contributed by atoms with Gasteiger partial charge < -0.3 is 0 Å². The SMILES string of the molecule is C=C(C)C(=C)P(CC(C)(C)CC)C(=C)C(=C)C. The van der Waals surface area contributed by atoms with Crippen molar-refractivity contribution in [2.24, 2.45) is 5.41 Å². The molecule has 96 valence electrons. The molecule has 0 saturated carbocycles. The van der Waals surface area contributed by atoms with Crippen LogP contribution in [0.2, 0.25) is 0 Å². The molecular formula is C16H27P. The van der Waals surface area contributed by atoms with Gasteiger partial charge in [-0.05, 0) is 44.0 Å². The molecule has 0 heterocycles. The summed E-state index contributed by atoms with van der Waals surface area (Å²) in [6.07, 6.45) is 2.29. The first-order chi connectivity index (χ1) is 7.62. The van der Waals surface area contributed by atoms with Crippen molar-refractivity contribution in [1.29, 1.82) is 0 Å². The van der Waals surface area contributed by atoms with Crippen LogP contribution >= 0.6 is 7.92 Å². The van der Waals surface area contributed by atoms with Gasteiger partial charge >= 0.3 is 0 Å². The highest BCUT2D eigenvalue weighted by molar-refractivity contribution is 7.66. The Morgan fingerprint density at radius 3 is 1.53 bits per heavy atom. The van der Waals surface area contributed by atoms with E-state index in [2.05, 4.69) is 47.1 Å². The van der Waals surface area contributed by atoms with Gasteiger partial charge in [0.2, 0.25) is 0 Å². The number of hydrogen-bond acceptors (Lipinski definition) is 0. The minimum Gasteiger partial charge on any atom is -0.0955 e. The molecule has 0 aromatic carbocycles. The summed E-state index contributed by atoms with van der Waals surface area (Å²) >= 11 is 0. The summed E-state index contributed by atoms with van der Waals surface area (Å²) in [4.78, 5) is 0. The smallest absolute Gasteiger partial charge is 0.0194 e. The number of rotatable bonds is 7. The first-order valence-electron chi connectivity index (χ1n) is 6.09. The van der Waals surface area contributed by atoms with Crippen molar-refractivity contribution in [2.45, 2.75) is 41.0 Å². The van der Waals surface area contributed by atoms with Crippen molar-refractivity contribution in [3.63, 3.8) is 0 Å². The van der Waals surface area contributed by atoms with Crippen LogP contribution in [0.5, 0.6) is 0 Å². The molecule has 0 amide bonds. The lowest BCUT2D eigenvalue weighted by Gasteiger charge is -2.32. The van der Waals surface area contributed by atoms with E-state index in [1.807, 2.05) is 13.8 Å². The van der Waals surface area contributed by atoms with Gasteiger partial charge in [-0.25, -0.2) is 0 Å². The Labute approximate surface area is 109 Å². The number of hydrogen-bond donors (Lipinski definition) is 0. The zero-order valence-electron chi connectivity index (χ0n) is 12.2. The lowest BCUT2D eigenvalue weighted by atomic mass is 9.93. The Hall–Kier alpha value is -0.610. The highest BCUT2D eigenvalue weighted by Gasteiger charge is 2.25. The van der Waals surface area contributed by atoms with Crippen molar-refractivity contribution >= 4 is 7.92 Å². The fraction of sp³-hybridized carbons (Fsp3) is 0.500. The largest absolute Gasteiger partial charge is 0.0955 e. The molecule has 0 bridgehead atoms. The van der Waals surface area contributed by atoms with Crippen molar-refractivity contribution in [1.82, 2.24) is 0 Å². The van der Waals surface area contributed by atoms with E-state index in [0.717, 1.165) is 27.9 Å². The Morgan fingerprint density at radius 2 is 1.29 bits per heavy atom. The predicted octanol–water partition coefficient (Wildman–Crippen LogP) is 6.08.